The van der Waals surface area contributed by atoms with Crippen LogP contribution in [0.4, 0.5) is 17.2 Å². The van der Waals surface area contributed by atoms with Crippen molar-refractivity contribution in [3.05, 3.63) is 49.1 Å². The van der Waals surface area contributed by atoms with E-state index in [1.165, 1.54) is 0 Å². The first kappa shape index (κ1) is 22.5. The van der Waals surface area contributed by atoms with E-state index in [2.05, 4.69) is 62.4 Å². The third-order valence-electron chi connectivity index (χ3n) is 6.14. The zero-order valence-corrected chi connectivity index (χ0v) is 20.5. The minimum Gasteiger partial charge on any atom is -0.488 e. The first-order valence-electron chi connectivity index (χ1n) is 11.4. The monoisotopic (exact) mass is 475 g/mol. The highest BCUT2D eigenvalue weighted by atomic mass is 32.1. The van der Waals surface area contributed by atoms with Gasteiger partial charge in [-0.05, 0) is 62.3 Å². The zero-order valence-electron chi connectivity index (χ0n) is 19.6. The van der Waals surface area contributed by atoms with Crippen LogP contribution in [0.2, 0.25) is 0 Å². The highest BCUT2D eigenvalue weighted by molar-refractivity contribution is 7.80. The van der Waals surface area contributed by atoms with Crippen LogP contribution in [-0.2, 0) is 7.05 Å². The number of likely N-dealkylation sites (N-methyl/N-ethyl adjacent to an activating group) is 1. The summed E-state index contributed by atoms with van der Waals surface area (Å²) in [6, 6.07) is 10.1. The maximum atomic E-state index is 6.63. The lowest BCUT2D eigenvalue weighted by Crippen LogP contribution is -2.38. The van der Waals surface area contributed by atoms with Crippen molar-refractivity contribution in [2.45, 2.75) is 23.8 Å². The average molecular weight is 476 g/mol. The van der Waals surface area contributed by atoms with Crippen LogP contribution < -0.4 is 15.4 Å². The van der Waals surface area contributed by atoms with Crippen molar-refractivity contribution in [1.82, 2.24) is 24.6 Å². The third kappa shape index (κ3) is 4.67. The van der Waals surface area contributed by atoms with E-state index in [0.717, 1.165) is 70.0 Å². The highest BCUT2D eigenvalue weighted by Gasteiger charge is 2.22. The highest BCUT2D eigenvalue weighted by Crippen LogP contribution is 2.37. The molecule has 5 rings (SSSR count). The predicted octanol–water partition coefficient (Wildman–Crippen LogP) is 4.58. The van der Waals surface area contributed by atoms with E-state index >= 15 is 0 Å². The van der Waals surface area contributed by atoms with Gasteiger partial charge in [-0.1, -0.05) is 0 Å². The van der Waals surface area contributed by atoms with E-state index < -0.39 is 0 Å². The van der Waals surface area contributed by atoms with Crippen LogP contribution in [-0.4, -0.2) is 57.9 Å². The van der Waals surface area contributed by atoms with Crippen molar-refractivity contribution in [1.29, 1.82) is 0 Å². The molecule has 3 heterocycles. The average Bonchev–Trinajstić information content (AvgIpc) is 3.25. The summed E-state index contributed by atoms with van der Waals surface area (Å²) in [6.07, 6.45) is 7.69. The van der Waals surface area contributed by atoms with Gasteiger partial charge in [-0.3, -0.25) is 4.68 Å². The standard InChI is InChI=1S/C25H29N7OS/c1-26-20-7-6-18(11-23(20)34)30-25-24-21(27-15-28-25)9-16(17-12-29-32(3)13-17)10-22(24)33-19-5-4-8-31(2)14-19/h6-7,9-13,15,19,26,34H,4-5,8,14H2,1-3H3,(H,27,28,30)/t19-/m1/s1. The summed E-state index contributed by atoms with van der Waals surface area (Å²) in [5.41, 5.74) is 4.71. The summed E-state index contributed by atoms with van der Waals surface area (Å²) in [4.78, 5) is 12.3. The number of ether oxygens (including phenoxy) is 1. The number of piperidine rings is 1. The molecule has 0 saturated carbocycles. The van der Waals surface area contributed by atoms with Gasteiger partial charge in [-0.15, -0.1) is 12.6 Å². The largest absolute Gasteiger partial charge is 0.488 e. The molecule has 34 heavy (non-hydrogen) atoms. The van der Waals surface area contributed by atoms with Crippen molar-refractivity contribution >= 4 is 40.7 Å². The lowest BCUT2D eigenvalue weighted by molar-refractivity contribution is 0.106. The van der Waals surface area contributed by atoms with Crippen LogP contribution in [0.15, 0.2) is 53.9 Å². The molecule has 1 aliphatic heterocycles. The number of hydrogen-bond acceptors (Lipinski definition) is 8. The number of anilines is 3. The van der Waals surface area contributed by atoms with E-state index in [1.54, 1.807) is 11.0 Å². The number of likely N-dealkylation sites (tertiary alicyclic amines) is 1. The summed E-state index contributed by atoms with van der Waals surface area (Å²) in [5.74, 6) is 1.48. The molecule has 9 heteroatoms. The molecule has 1 saturated heterocycles. The second-order valence-corrected chi connectivity index (χ2v) is 9.23. The Morgan fingerprint density at radius 3 is 2.74 bits per heavy atom. The number of nitrogens with zero attached hydrogens (tertiary/aromatic N) is 5. The molecular formula is C25H29N7OS. The Hall–Kier alpha value is -3.30. The quantitative estimate of drug-likeness (QED) is 0.352. The molecule has 2 N–H and O–H groups in total. The van der Waals surface area contributed by atoms with E-state index in [4.69, 9.17) is 4.74 Å². The number of thiol groups is 1. The molecule has 0 radical (unpaired) electrons. The number of benzene rings is 2. The maximum absolute atomic E-state index is 6.63. The SMILES string of the molecule is CNc1ccc(Nc2ncnc3cc(-c4cnn(C)c4)cc(O[C@@H]4CCCN(C)C4)c23)cc1S. The van der Waals surface area contributed by atoms with Crippen LogP contribution in [0.1, 0.15) is 12.8 Å². The fourth-order valence-electron chi connectivity index (χ4n) is 4.43. The van der Waals surface area contributed by atoms with Gasteiger partial charge >= 0.3 is 0 Å². The number of aromatic nitrogens is 4. The number of aryl methyl sites for hydroxylation is 1. The van der Waals surface area contributed by atoms with Crippen molar-refractivity contribution in [3.8, 4) is 16.9 Å². The Bertz CT molecular complexity index is 1320. The van der Waals surface area contributed by atoms with Gasteiger partial charge in [0, 0.05) is 48.7 Å². The van der Waals surface area contributed by atoms with Crippen molar-refractivity contribution < 1.29 is 4.74 Å². The lowest BCUT2D eigenvalue weighted by Gasteiger charge is -2.30. The minimum atomic E-state index is 0.109. The van der Waals surface area contributed by atoms with E-state index in [0.29, 0.717) is 5.82 Å². The van der Waals surface area contributed by atoms with Gasteiger partial charge in [0.1, 0.15) is 24.0 Å². The summed E-state index contributed by atoms with van der Waals surface area (Å²) >= 11 is 4.59. The molecule has 8 nitrogen and oxygen atoms in total. The molecule has 2 aromatic carbocycles. The van der Waals surface area contributed by atoms with Gasteiger partial charge in [0.2, 0.25) is 0 Å². The summed E-state index contributed by atoms with van der Waals surface area (Å²) in [6.45, 7) is 1.99. The van der Waals surface area contributed by atoms with Crippen LogP contribution >= 0.6 is 12.6 Å². The Kier molecular flexibility index (Phi) is 6.30. The van der Waals surface area contributed by atoms with E-state index in [-0.39, 0.29) is 6.10 Å². The molecule has 0 amide bonds. The molecule has 176 valence electrons. The second-order valence-electron chi connectivity index (χ2n) is 8.74. The Labute approximate surface area is 204 Å². The van der Waals surface area contributed by atoms with Crippen molar-refractivity contribution in [2.24, 2.45) is 7.05 Å². The third-order valence-corrected chi connectivity index (χ3v) is 6.51. The molecule has 0 aliphatic carbocycles. The molecule has 1 aliphatic rings. The molecule has 1 fully saturated rings. The first-order chi connectivity index (χ1) is 16.5. The van der Waals surface area contributed by atoms with Gasteiger partial charge in [-0.25, -0.2) is 9.97 Å². The lowest BCUT2D eigenvalue weighted by atomic mass is 10.0. The second kappa shape index (κ2) is 9.52. The van der Waals surface area contributed by atoms with E-state index in [1.807, 2.05) is 44.7 Å². The van der Waals surface area contributed by atoms with Gasteiger partial charge in [0.05, 0.1) is 17.1 Å². The zero-order chi connectivity index (χ0) is 23.7. The fourth-order valence-corrected chi connectivity index (χ4v) is 4.76. The molecule has 0 bridgehead atoms. The normalized spacial score (nSPS) is 16.5. The molecule has 0 spiro atoms. The number of hydrogen-bond donors (Lipinski definition) is 3. The van der Waals surface area contributed by atoms with Crippen LogP contribution in [0.25, 0.3) is 22.0 Å². The van der Waals surface area contributed by atoms with Gasteiger partial charge in [0.15, 0.2) is 0 Å². The Balaban J connectivity index is 1.59. The predicted molar refractivity (Wildman–Crippen MR) is 139 cm³/mol. The fraction of sp³-hybridized carbons (Fsp3) is 0.320. The van der Waals surface area contributed by atoms with Gasteiger partial charge in [-0.2, -0.15) is 5.10 Å². The van der Waals surface area contributed by atoms with E-state index in [9.17, 15) is 0 Å². The van der Waals surface area contributed by atoms with Crippen LogP contribution in [0, 0.1) is 0 Å². The van der Waals surface area contributed by atoms with Crippen LogP contribution in [0.3, 0.4) is 0 Å². The van der Waals surface area contributed by atoms with Gasteiger partial charge in [0.25, 0.3) is 0 Å². The molecule has 1 atom stereocenters. The van der Waals surface area contributed by atoms with Crippen molar-refractivity contribution in [2.75, 3.05) is 37.8 Å². The van der Waals surface area contributed by atoms with Gasteiger partial charge < -0.3 is 20.3 Å². The first-order valence-corrected chi connectivity index (χ1v) is 11.9. The topological polar surface area (TPSA) is 80.1 Å². The molecular weight excluding hydrogens is 446 g/mol. The molecule has 2 aromatic heterocycles. The Morgan fingerprint density at radius 1 is 1.12 bits per heavy atom. The number of rotatable bonds is 6. The summed E-state index contributed by atoms with van der Waals surface area (Å²) < 4.78 is 8.43. The molecule has 4 aromatic rings. The molecule has 0 unspecified atom stereocenters. The maximum Gasteiger partial charge on any atom is 0.145 e. The summed E-state index contributed by atoms with van der Waals surface area (Å²) in [5, 5.41) is 11.8. The smallest absolute Gasteiger partial charge is 0.145 e. The number of fused-ring (bicyclic) bond motifs is 1. The summed E-state index contributed by atoms with van der Waals surface area (Å²) in [7, 11) is 5.94. The van der Waals surface area contributed by atoms with Crippen molar-refractivity contribution in [3.63, 3.8) is 0 Å². The Morgan fingerprint density at radius 2 is 2.00 bits per heavy atom. The number of nitrogens with one attached hydrogen (secondary N) is 2. The minimum absolute atomic E-state index is 0.109. The van der Waals surface area contributed by atoms with Crippen LogP contribution in [0.5, 0.6) is 5.75 Å².